The second-order valence-corrected chi connectivity index (χ2v) is 7.31. The Kier molecular flexibility index (Phi) is 5.82. The van der Waals surface area contributed by atoms with Crippen LogP contribution in [0, 0.1) is 6.92 Å². The van der Waals surface area contributed by atoms with Crippen LogP contribution in [0.2, 0.25) is 0 Å². The molecule has 9 heteroatoms. The summed E-state index contributed by atoms with van der Waals surface area (Å²) >= 11 is 0. The van der Waals surface area contributed by atoms with Crippen molar-refractivity contribution in [2.45, 2.75) is 13.8 Å². The van der Waals surface area contributed by atoms with Crippen LogP contribution in [0.15, 0.2) is 36.3 Å². The zero-order valence-electron chi connectivity index (χ0n) is 17.3. The maximum Gasteiger partial charge on any atom is 0.240 e. The van der Waals surface area contributed by atoms with Crippen molar-refractivity contribution in [1.82, 2.24) is 14.9 Å². The van der Waals surface area contributed by atoms with Gasteiger partial charge in [-0.05, 0) is 31.5 Å². The molecule has 30 heavy (non-hydrogen) atoms. The highest BCUT2D eigenvalue weighted by Gasteiger charge is 2.26. The molecule has 4 N–H and O–H groups in total. The Labute approximate surface area is 175 Å². The highest BCUT2D eigenvalue weighted by Crippen LogP contribution is 2.37. The molecule has 0 bridgehead atoms. The molecule has 2 aliphatic heterocycles. The first-order chi connectivity index (χ1) is 14.6. The maximum atomic E-state index is 12.4. The second-order valence-electron chi connectivity index (χ2n) is 7.31. The van der Waals surface area contributed by atoms with Gasteiger partial charge in [0.05, 0.1) is 42.5 Å². The van der Waals surface area contributed by atoms with E-state index in [-0.39, 0.29) is 18.4 Å². The maximum absolute atomic E-state index is 12.4. The van der Waals surface area contributed by atoms with Crippen LogP contribution in [0.1, 0.15) is 18.2 Å². The first-order valence-electron chi connectivity index (χ1n) is 10.1. The fourth-order valence-corrected chi connectivity index (χ4v) is 3.69. The molecule has 1 saturated heterocycles. The Bertz CT molecular complexity index is 970. The molecule has 0 atom stereocenters. The monoisotopic (exact) mass is 409 g/mol. The summed E-state index contributed by atoms with van der Waals surface area (Å²) in [5.74, 6) is 0.876. The number of carbonyl (C=O) groups is 1. The molecule has 0 aliphatic carbocycles. The molecule has 1 amide bonds. The lowest BCUT2D eigenvalue weighted by molar-refractivity contribution is -0.118. The zero-order chi connectivity index (χ0) is 21.1. The summed E-state index contributed by atoms with van der Waals surface area (Å²) in [6.07, 6.45) is 1.68. The number of fused-ring (bicyclic) bond motifs is 1. The molecule has 0 saturated carbocycles. The smallest absolute Gasteiger partial charge is 0.240 e. The van der Waals surface area contributed by atoms with E-state index in [1.165, 1.54) is 0 Å². The number of hydrogen-bond donors (Lipinski definition) is 3. The molecule has 9 nitrogen and oxygen atoms in total. The van der Waals surface area contributed by atoms with Crippen LogP contribution < -0.4 is 21.3 Å². The minimum Gasteiger partial charge on any atom is -0.394 e. The summed E-state index contributed by atoms with van der Waals surface area (Å²) < 4.78 is 5.32. The predicted octanol–water partition coefficient (Wildman–Crippen LogP) is 1.59. The molecule has 2 aromatic rings. The number of hydrogen-bond acceptors (Lipinski definition) is 8. The molecule has 3 heterocycles. The number of carbonyl (C=O) groups excluding carboxylic acids is 1. The minimum absolute atomic E-state index is 0.153. The molecule has 0 unspecified atom stereocenters. The SMILES string of the molecule is CCN1/C(=C(\N)c2nc(NC(=O)CN3CCOCC3)ncc2C)Nc2ccccc21. The number of nitrogens with one attached hydrogen (secondary N) is 2. The van der Waals surface area contributed by atoms with Crippen LogP contribution in [-0.4, -0.2) is 60.2 Å². The lowest BCUT2D eigenvalue weighted by Gasteiger charge is -2.25. The van der Waals surface area contributed by atoms with E-state index in [9.17, 15) is 4.79 Å². The van der Waals surface area contributed by atoms with Gasteiger partial charge in [0.25, 0.3) is 0 Å². The van der Waals surface area contributed by atoms with E-state index >= 15 is 0 Å². The Balaban J connectivity index is 1.56. The topological polar surface area (TPSA) is 109 Å². The standard InChI is InChI=1S/C21H27N7O2/c1-3-28-16-7-5-4-6-15(16)24-20(28)18(22)19-14(2)12-23-21(26-19)25-17(29)13-27-8-10-30-11-9-27/h4-7,12,24H,3,8-11,13,22H2,1-2H3,(H,23,25,26,29)/b20-18-. The molecule has 0 radical (unpaired) electrons. The van der Waals surface area contributed by atoms with Gasteiger partial charge in [0.15, 0.2) is 0 Å². The lowest BCUT2D eigenvalue weighted by atomic mass is 10.2. The second kappa shape index (κ2) is 8.68. The number of anilines is 3. The van der Waals surface area contributed by atoms with Gasteiger partial charge in [-0.1, -0.05) is 12.1 Å². The van der Waals surface area contributed by atoms with E-state index in [1.807, 2.05) is 30.0 Å². The van der Waals surface area contributed by atoms with E-state index in [2.05, 4.69) is 38.5 Å². The first kappa shape index (κ1) is 20.1. The van der Waals surface area contributed by atoms with E-state index in [4.69, 9.17) is 10.5 Å². The number of amides is 1. The summed E-state index contributed by atoms with van der Waals surface area (Å²) in [6, 6.07) is 8.05. The van der Waals surface area contributed by atoms with Gasteiger partial charge in [0.1, 0.15) is 5.82 Å². The quantitative estimate of drug-likeness (QED) is 0.683. The third-order valence-corrected chi connectivity index (χ3v) is 5.24. The summed E-state index contributed by atoms with van der Waals surface area (Å²) in [5.41, 5.74) is 10.6. The summed E-state index contributed by atoms with van der Waals surface area (Å²) in [7, 11) is 0. The van der Waals surface area contributed by atoms with E-state index in [0.29, 0.717) is 24.6 Å². The summed E-state index contributed by atoms with van der Waals surface area (Å²) in [4.78, 5) is 25.4. The van der Waals surface area contributed by atoms with Crippen LogP contribution in [0.5, 0.6) is 0 Å². The number of morpholine rings is 1. The van der Waals surface area contributed by atoms with Gasteiger partial charge < -0.3 is 20.7 Å². The number of aromatic nitrogens is 2. The number of para-hydroxylation sites is 2. The minimum atomic E-state index is -0.153. The molecule has 2 aliphatic rings. The number of ether oxygens (including phenoxy) is 1. The first-order valence-corrected chi connectivity index (χ1v) is 10.1. The van der Waals surface area contributed by atoms with Gasteiger partial charge in [-0.3, -0.25) is 15.0 Å². The van der Waals surface area contributed by atoms with Crippen LogP contribution in [0.3, 0.4) is 0 Å². The van der Waals surface area contributed by atoms with Gasteiger partial charge in [-0.25, -0.2) is 9.97 Å². The zero-order valence-corrected chi connectivity index (χ0v) is 17.3. The van der Waals surface area contributed by atoms with Gasteiger partial charge in [-0.2, -0.15) is 0 Å². The number of rotatable bonds is 5. The number of aryl methyl sites for hydroxylation is 1. The third-order valence-electron chi connectivity index (χ3n) is 5.24. The van der Waals surface area contributed by atoms with Gasteiger partial charge in [0, 0.05) is 25.8 Å². The molecule has 1 fully saturated rings. The van der Waals surface area contributed by atoms with E-state index in [1.54, 1.807) is 6.20 Å². The fraction of sp³-hybridized carbons (Fsp3) is 0.381. The van der Waals surface area contributed by atoms with Crippen LogP contribution in [-0.2, 0) is 9.53 Å². The summed E-state index contributed by atoms with van der Waals surface area (Å²) in [5, 5.41) is 6.18. The van der Waals surface area contributed by atoms with Crippen molar-refractivity contribution in [2.75, 3.05) is 54.9 Å². The van der Waals surface area contributed by atoms with Gasteiger partial charge >= 0.3 is 0 Å². The Hall–Kier alpha value is -3.17. The van der Waals surface area contributed by atoms with Crippen molar-refractivity contribution in [2.24, 2.45) is 5.73 Å². The van der Waals surface area contributed by atoms with E-state index in [0.717, 1.165) is 42.4 Å². The lowest BCUT2D eigenvalue weighted by Crippen LogP contribution is -2.41. The molecule has 1 aromatic carbocycles. The Morgan fingerprint density at radius 3 is 2.83 bits per heavy atom. The van der Waals surface area contributed by atoms with Crippen LogP contribution in [0.4, 0.5) is 17.3 Å². The highest BCUT2D eigenvalue weighted by atomic mass is 16.5. The molecular weight excluding hydrogens is 382 g/mol. The highest BCUT2D eigenvalue weighted by molar-refractivity contribution is 5.91. The molecule has 158 valence electrons. The van der Waals surface area contributed by atoms with Gasteiger partial charge in [0.2, 0.25) is 11.9 Å². The van der Waals surface area contributed by atoms with Gasteiger partial charge in [-0.15, -0.1) is 0 Å². The summed E-state index contributed by atoms with van der Waals surface area (Å²) in [6.45, 7) is 7.79. The molecule has 1 aromatic heterocycles. The molecule has 4 rings (SSSR count). The van der Waals surface area contributed by atoms with Crippen molar-refractivity contribution in [1.29, 1.82) is 0 Å². The molecule has 0 spiro atoms. The largest absolute Gasteiger partial charge is 0.394 e. The number of nitrogens with two attached hydrogens (primary N) is 1. The average Bonchev–Trinajstić information content (AvgIpc) is 3.14. The van der Waals surface area contributed by atoms with Crippen molar-refractivity contribution in [3.8, 4) is 0 Å². The third kappa shape index (κ3) is 4.07. The van der Waals surface area contributed by atoms with Crippen molar-refractivity contribution in [3.05, 3.63) is 47.5 Å². The average molecular weight is 409 g/mol. The van der Waals surface area contributed by atoms with Crippen molar-refractivity contribution >= 4 is 28.9 Å². The normalized spacial score (nSPS) is 18.0. The number of benzene rings is 1. The Morgan fingerprint density at radius 1 is 1.30 bits per heavy atom. The van der Waals surface area contributed by atoms with E-state index < -0.39 is 0 Å². The fourth-order valence-electron chi connectivity index (χ4n) is 3.69. The number of nitrogens with zero attached hydrogens (tertiary/aromatic N) is 4. The molecular formula is C21H27N7O2. The van der Waals surface area contributed by atoms with Crippen molar-refractivity contribution < 1.29 is 9.53 Å². The predicted molar refractivity (Wildman–Crippen MR) is 117 cm³/mol. The van der Waals surface area contributed by atoms with Crippen LogP contribution in [0.25, 0.3) is 5.70 Å². The Morgan fingerprint density at radius 2 is 2.07 bits per heavy atom. The van der Waals surface area contributed by atoms with Crippen molar-refractivity contribution in [3.63, 3.8) is 0 Å². The van der Waals surface area contributed by atoms with Crippen LogP contribution >= 0.6 is 0 Å².